The first-order valence-electron chi connectivity index (χ1n) is 13.1. The number of pyridine rings is 1. The number of aromatic nitrogens is 3. The average molecular weight is 664 g/mol. The molecule has 0 amide bonds. The van der Waals surface area contributed by atoms with Crippen molar-refractivity contribution in [2.45, 2.75) is 26.2 Å². The fraction of sp³-hybridized carbons (Fsp3) is 0.194. The van der Waals surface area contributed by atoms with Crippen molar-refractivity contribution in [3.8, 4) is 22.8 Å². The highest BCUT2D eigenvalue weighted by Crippen LogP contribution is 2.48. The number of rotatable bonds is 8. The van der Waals surface area contributed by atoms with Gasteiger partial charge in [0, 0.05) is 18.7 Å². The quantitative estimate of drug-likeness (QED) is 0.168. The minimum atomic E-state index is -4.84. The maximum atomic E-state index is 14.6. The van der Waals surface area contributed by atoms with E-state index in [4.69, 9.17) is 44.3 Å². The molecule has 0 aliphatic rings. The molecule has 1 N–H and O–H groups in total. The molecular weight excluding hydrogens is 640 g/mol. The van der Waals surface area contributed by atoms with E-state index in [2.05, 4.69) is 15.0 Å². The van der Waals surface area contributed by atoms with Crippen LogP contribution < -0.4 is 19.9 Å². The number of nitrogens with zero attached hydrogens (tertiary/aromatic N) is 3. The van der Waals surface area contributed by atoms with Crippen LogP contribution in [0.5, 0.6) is 11.5 Å². The molecule has 0 aliphatic carbocycles. The monoisotopic (exact) mass is 662 g/mol. The molecule has 0 bridgehead atoms. The average Bonchev–Trinajstić information content (AvgIpc) is 2.99. The second-order valence-corrected chi connectivity index (χ2v) is 11.0. The van der Waals surface area contributed by atoms with E-state index in [1.807, 2.05) is 29.2 Å². The molecule has 5 aromatic rings. The number of halogens is 6. The van der Waals surface area contributed by atoms with Crippen LogP contribution in [0.15, 0.2) is 65.7 Å². The summed E-state index contributed by atoms with van der Waals surface area (Å²) in [5, 5.41) is -1.07. The number of hydrogen-bond acceptors (Lipinski definition) is 6. The number of anilines is 1. The largest absolute Gasteiger partial charge is 0.497 e. The van der Waals surface area contributed by atoms with Crippen LogP contribution in [0.1, 0.15) is 22.3 Å². The Balaban J connectivity index is 1.74. The Kier molecular flexibility index (Phi) is 8.97. The number of methoxy groups -OCH3 is 2. The molecule has 0 radical (unpaired) electrons. The van der Waals surface area contributed by atoms with Gasteiger partial charge in [-0.3, -0.25) is 4.79 Å². The number of aryl methyl sites for hydroxylation is 1. The van der Waals surface area contributed by atoms with E-state index in [0.29, 0.717) is 11.5 Å². The smallest absolute Gasteiger partial charge is 0.418 e. The van der Waals surface area contributed by atoms with Crippen LogP contribution in [0.2, 0.25) is 15.1 Å². The molecule has 0 atom stereocenters. The van der Waals surface area contributed by atoms with Gasteiger partial charge in [0.05, 0.1) is 57.8 Å². The first-order chi connectivity index (χ1) is 20.9. The zero-order valence-corrected chi connectivity index (χ0v) is 25.8. The van der Waals surface area contributed by atoms with E-state index in [-0.39, 0.29) is 56.0 Å². The highest BCUT2D eigenvalue weighted by molar-refractivity contribution is 6.50. The normalized spacial score (nSPS) is 11.6. The molecule has 0 spiro atoms. The van der Waals surface area contributed by atoms with Gasteiger partial charge < -0.3 is 19.4 Å². The molecule has 0 unspecified atom stereocenters. The van der Waals surface area contributed by atoms with Gasteiger partial charge in [0.15, 0.2) is 0 Å². The van der Waals surface area contributed by atoms with Gasteiger partial charge in [-0.2, -0.15) is 13.2 Å². The Morgan fingerprint density at radius 1 is 0.864 bits per heavy atom. The lowest BCUT2D eigenvalue weighted by Crippen LogP contribution is -2.24. The minimum Gasteiger partial charge on any atom is -0.497 e. The fourth-order valence-electron chi connectivity index (χ4n) is 4.89. The molecule has 5 rings (SSSR count). The van der Waals surface area contributed by atoms with Gasteiger partial charge in [-0.05, 0) is 53.9 Å². The van der Waals surface area contributed by atoms with Crippen LogP contribution in [-0.4, -0.2) is 29.2 Å². The third-order valence-electron chi connectivity index (χ3n) is 7.02. The zero-order chi connectivity index (χ0) is 31.8. The molecule has 0 fully saturated rings. The molecule has 3 aromatic carbocycles. The lowest BCUT2D eigenvalue weighted by molar-refractivity contribution is -0.137. The number of nitrogens with one attached hydrogen (secondary N) is 1. The highest BCUT2D eigenvalue weighted by Gasteiger charge is 2.39. The predicted octanol–water partition coefficient (Wildman–Crippen LogP) is 8.50. The van der Waals surface area contributed by atoms with Gasteiger partial charge in [0.1, 0.15) is 17.3 Å². The predicted molar refractivity (Wildman–Crippen MR) is 166 cm³/mol. The van der Waals surface area contributed by atoms with Crippen LogP contribution in [0, 0.1) is 6.92 Å². The van der Waals surface area contributed by atoms with Crippen LogP contribution >= 0.6 is 34.8 Å². The van der Waals surface area contributed by atoms with Gasteiger partial charge in [-0.25, -0.2) is 9.97 Å². The molecule has 228 valence electrons. The number of alkyl halides is 3. The molecule has 0 aliphatic heterocycles. The van der Waals surface area contributed by atoms with Crippen LogP contribution in [-0.2, 0) is 19.3 Å². The third-order valence-corrected chi connectivity index (χ3v) is 8.25. The Hall–Kier alpha value is -3.99. The molecule has 2 aromatic heterocycles. The van der Waals surface area contributed by atoms with Crippen LogP contribution in [0.3, 0.4) is 0 Å². The van der Waals surface area contributed by atoms with Crippen molar-refractivity contribution in [3.05, 3.63) is 109 Å². The first-order valence-corrected chi connectivity index (χ1v) is 14.2. The molecule has 2 heterocycles. The van der Waals surface area contributed by atoms with Gasteiger partial charge >= 0.3 is 6.18 Å². The number of fused-ring (bicyclic) bond motifs is 1. The van der Waals surface area contributed by atoms with Crippen molar-refractivity contribution in [1.29, 1.82) is 0 Å². The number of aromatic amines is 1. The number of H-pyrrole nitrogens is 1. The van der Waals surface area contributed by atoms with E-state index in [0.717, 1.165) is 17.5 Å². The Morgan fingerprint density at radius 2 is 1.41 bits per heavy atom. The van der Waals surface area contributed by atoms with Crippen LogP contribution in [0.4, 0.5) is 19.0 Å². The number of benzene rings is 3. The Labute approximate surface area is 265 Å². The van der Waals surface area contributed by atoms with Crippen LogP contribution in [0.25, 0.3) is 22.2 Å². The lowest BCUT2D eigenvalue weighted by Gasteiger charge is -2.27. The molecule has 44 heavy (non-hydrogen) atoms. The summed E-state index contributed by atoms with van der Waals surface area (Å²) >= 11 is 19.7. The third kappa shape index (κ3) is 6.15. The summed E-state index contributed by atoms with van der Waals surface area (Å²) in [5.41, 5.74) is -1.02. The maximum Gasteiger partial charge on any atom is 0.418 e. The summed E-state index contributed by atoms with van der Waals surface area (Å²) in [6, 6.07) is 16.0. The van der Waals surface area contributed by atoms with E-state index >= 15 is 0 Å². The van der Waals surface area contributed by atoms with Crippen molar-refractivity contribution in [1.82, 2.24) is 15.0 Å². The molecule has 13 heteroatoms. The van der Waals surface area contributed by atoms with Crippen molar-refractivity contribution in [3.63, 3.8) is 0 Å². The SMILES string of the molecule is COc1ccc(CN(Cc2ccc(OC)cc2)c2cc(C)c(C(F)(F)F)c(-c3c(Cl)c(Cl)c4c(=O)[nH]cnc4c3Cl)n2)cc1. The number of hydrogen-bond donors (Lipinski definition) is 1. The fourth-order valence-corrected chi connectivity index (χ4v) is 5.81. The molecule has 0 saturated carbocycles. The molecule has 0 saturated heterocycles. The van der Waals surface area contributed by atoms with E-state index in [9.17, 15) is 18.0 Å². The van der Waals surface area contributed by atoms with E-state index in [1.165, 1.54) is 13.0 Å². The summed E-state index contributed by atoms with van der Waals surface area (Å²) in [6.45, 7) is 1.90. The minimum absolute atomic E-state index is 0.105. The van der Waals surface area contributed by atoms with Crippen molar-refractivity contribution in [2.24, 2.45) is 0 Å². The molecular formula is C31H24Cl3F3N4O3. The summed E-state index contributed by atoms with van der Waals surface area (Å²) in [6.07, 6.45) is -3.76. The summed E-state index contributed by atoms with van der Waals surface area (Å²) in [4.78, 5) is 25.3. The van der Waals surface area contributed by atoms with Crippen molar-refractivity contribution in [2.75, 3.05) is 19.1 Å². The van der Waals surface area contributed by atoms with Gasteiger partial charge in [-0.1, -0.05) is 59.1 Å². The van der Waals surface area contributed by atoms with E-state index < -0.39 is 23.0 Å². The Bertz CT molecular complexity index is 1850. The maximum absolute atomic E-state index is 14.6. The second-order valence-electron chi connectivity index (χ2n) is 9.84. The summed E-state index contributed by atoms with van der Waals surface area (Å²) in [7, 11) is 3.12. The lowest BCUT2D eigenvalue weighted by atomic mass is 9.99. The standard InChI is InChI=1S/C31H24Cl3F3N4O3/c1-16-12-21(41(13-17-4-8-19(43-2)9-5-17)14-18-6-10-20(44-3)11-7-18)40-28(24(16)31(35,36)37)22-25(32)26(33)23-29(27(22)34)38-15-39-30(23)42/h4-12,15H,13-14H2,1-3H3,(H,38,39,42). The van der Waals surface area contributed by atoms with Gasteiger partial charge in [-0.15, -0.1) is 0 Å². The van der Waals surface area contributed by atoms with Crippen molar-refractivity contribution < 1.29 is 22.6 Å². The molecule has 7 nitrogen and oxygen atoms in total. The highest BCUT2D eigenvalue weighted by atomic mass is 35.5. The van der Waals surface area contributed by atoms with Crippen molar-refractivity contribution >= 4 is 51.5 Å². The zero-order valence-electron chi connectivity index (χ0n) is 23.5. The first kappa shape index (κ1) is 31.4. The van der Waals surface area contributed by atoms with Gasteiger partial charge in [0.2, 0.25) is 0 Å². The van der Waals surface area contributed by atoms with E-state index in [1.54, 1.807) is 38.5 Å². The summed E-state index contributed by atoms with van der Waals surface area (Å²) < 4.78 is 54.4. The second kappa shape index (κ2) is 12.6. The topological polar surface area (TPSA) is 80.3 Å². The van der Waals surface area contributed by atoms with Gasteiger partial charge in [0.25, 0.3) is 5.56 Å². The Morgan fingerprint density at radius 3 is 1.91 bits per heavy atom. The number of ether oxygens (including phenoxy) is 2. The summed E-state index contributed by atoms with van der Waals surface area (Å²) in [5.74, 6) is 1.54.